The number of aromatic nitrogens is 2. The van der Waals surface area contributed by atoms with E-state index in [1.807, 2.05) is 78.9 Å². The van der Waals surface area contributed by atoms with Crippen LogP contribution >= 0.6 is 11.8 Å². The SMILES string of the molecule is COc1ccc(-n2nc(-c3ccccc3)c3c2N(CC(=O)N2CCN(C(C)=O)CC2)C(=O)CS[C@H]3c2ccccc2OC)cc1. The van der Waals surface area contributed by atoms with Crippen LogP contribution < -0.4 is 14.4 Å². The Morgan fingerprint density at radius 3 is 2.20 bits per heavy atom. The Bertz CT molecular complexity index is 1700. The lowest BCUT2D eigenvalue weighted by atomic mass is 9.99. The Morgan fingerprint density at radius 2 is 1.53 bits per heavy atom. The molecule has 2 aliphatic rings. The van der Waals surface area contributed by atoms with Gasteiger partial charge in [-0.3, -0.25) is 19.3 Å². The number of ether oxygens (including phenoxy) is 2. The molecule has 10 nitrogen and oxygen atoms in total. The maximum atomic E-state index is 14.1. The minimum absolute atomic E-state index is 0.00863. The van der Waals surface area contributed by atoms with Gasteiger partial charge in [-0.15, -0.1) is 11.8 Å². The van der Waals surface area contributed by atoms with Crippen molar-refractivity contribution in [2.45, 2.75) is 12.2 Å². The lowest BCUT2D eigenvalue weighted by Gasteiger charge is -2.35. The van der Waals surface area contributed by atoms with E-state index in [4.69, 9.17) is 14.6 Å². The van der Waals surface area contributed by atoms with Crippen LogP contribution in [0.1, 0.15) is 23.3 Å². The molecule has 1 saturated heterocycles. The molecular weight excluding hydrogens is 590 g/mol. The van der Waals surface area contributed by atoms with Crippen LogP contribution in [-0.2, 0) is 14.4 Å². The van der Waals surface area contributed by atoms with E-state index in [9.17, 15) is 14.4 Å². The number of para-hydroxylation sites is 1. The number of benzene rings is 3. The second kappa shape index (κ2) is 13.1. The zero-order valence-electron chi connectivity index (χ0n) is 25.5. The van der Waals surface area contributed by atoms with Crippen molar-refractivity contribution in [1.29, 1.82) is 0 Å². The number of rotatable bonds is 7. The Balaban J connectivity index is 1.53. The summed E-state index contributed by atoms with van der Waals surface area (Å²) in [7, 11) is 3.25. The average Bonchev–Trinajstić information content (AvgIpc) is 3.41. The molecule has 3 heterocycles. The fourth-order valence-corrected chi connectivity index (χ4v) is 7.09. The van der Waals surface area contributed by atoms with Crippen LogP contribution in [0.25, 0.3) is 16.9 Å². The van der Waals surface area contributed by atoms with E-state index in [0.717, 1.165) is 22.4 Å². The lowest BCUT2D eigenvalue weighted by molar-refractivity contribution is -0.137. The molecule has 0 N–H and O–H groups in total. The first-order valence-electron chi connectivity index (χ1n) is 14.8. The molecule has 0 bridgehead atoms. The van der Waals surface area contributed by atoms with Crippen molar-refractivity contribution in [3.05, 3.63) is 90.0 Å². The molecule has 0 spiro atoms. The van der Waals surface area contributed by atoms with Gasteiger partial charge in [-0.25, -0.2) is 4.68 Å². The molecule has 3 aromatic carbocycles. The van der Waals surface area contributed by atoms with E-state index in [2.05, 4.69) is 0 Å². The molecule has 3 amide bonds. The number of fused-ring (bicyclic) bond motifs is 1. The van der Waals surface area contributed by atoms with Gasteiger partial charge in [0.1, 0.15) is 23.9 Å². The zero-order valence-corrected chi connectivity index (χ0v) is 26.3. The Morgan fingerprint density at radius 1 is 0.867 bits per heavy atom. The van der Waals surface area contributed by atoms with E-state index in [0.29, 0.717) is 49.2 Å². The molecule has 4 aromatic rings. The molecule has 6 rings (SSSR count). The Kier molecular flexibility index (Phi) is 8.79. The molecule has 11 heteroatoms. The van der Waals surface area contributed by atoms with Crippen molar-refractivity contribution in [2.75, 3.05) is 57.6 Å². The minimum Gasteiger partial charge on any atom is -0.497 e. The van der Waals surface area contributed by atoms with Crippen LogP contribution in [0, 0.1) is 0 Å². The topological polar surface area (TPSA) is 97.2 Å². The smallest absolute Gasteiger partial charge is 0.242 e. The lowest BCUT2D eigenvalue weighted by Crippen LogP contribution is -2.53. The maximum Gasteiger partial charge on any atom is 0.242 e. The normalized spacial score (nSPS) is 16.6. The van der Waals surface area contributed by atoms with Crippen LogP contribution in [0.5, 0.6) is 11.5 Å². The van der Waals surface area contributed by atoms with Gasteiger partial charge in [0.25, 0.3) is 0 Å². The summed E-state index contributed by atoms with van der Waals surface area (Å²) in [6.07, 6.45) is 0. The summed E-state index contributed by atoms with van der Waals surface area (Å²) in [5.74, 6) is 1.71. The number of nitrogens with zero attached hydrogens (tertiary/aromatic N) is 5. The third-order valence-electron chi connectivity index (χ3n) is 8.25. The van der Waals surface area contributed by atoms with Gasteiger partial charge in [0.05, 0.1) is 36.6 Å². The summed E-state index contributed by atoms with van der Waals surface area (Å²) in [4.78, 5) is 44.8. The zero-order chi connectivity index (χ0) is 31.5. The van der Waals surface area contributed by atoms with E-state index in [-0.39, 0.29) is 35.3 Å². The number of carbonyl (C=O) groups is 3. The van der Waals surface area contributed by atoms with Crippen molar-refractivity contribution < 1.29 is 23.9 Å². The highest BCUT2D eigenvalue weighted by atomic mass is 32.2. The highest BCUT2D eigenvalue weighted by Crippen LogP contribution is 2.50. The quantitative estimate of drug-likeness (QED) is 0.300. The molecule has 45 heavy (non-hydrogen) atoms. The average molecular weight is 626 g/mol. The van der Waals surface area contributed by atoms with Crippen LogP contribution in [0.15, 0.2) is 78.9 Å². The largest absolute Gasteiger partial charge is 0.497 e. The van der Waals surface area contributed by atoms with Crippen LogP contribution in [0.4, 0.5) is 5.82 Å². The fourth-order valence-electron chi connectivity index (χ4n) is 5.87. The molecule has 0 unspecified atom stereocenters. The Labute approximate surface area is 266 Å². The molecule has 0 radical (unpaired) electrons. The second-order valence-electron chi connectivity index (χ2n) is 10.9. The van der Waals surface area contributed by atoms with Crippen molar-refractivity contribution in [2.24, 2.45) is 0 Å². The fraction of sp³-hybridized carbons (Fsp3) is 0.294. The minimum atomic E-state index is -0.318. The van der Waals surface area contributed by atoms with E-state index in [1.165, 1.54) is 18.7 Å². The van der Waals surface area contributed by atoms with Gasteiger partial charge in [-0.1, -0.05) is 48.5 Å². The van der Waals surface area contributed by atoms with Crippen molar-refractivity contribution in [1.82, 2.24) is 19.6 Å². The van der Waals surface area contributed by atoms with E-state index >= 15 is 0 Å². The molecule has 2 aliphatic heterocycles. The summed E-state index contributed by atoms with van der Waals surface area (Å²) in [6.45, 7) is 3.15. The number of amides is 3. The monoisotopic (exact) mass is 625 g/mol. The summed E-state index contributed by atoms with van der Waals surface area (Å²) >= 11 is 1.50. The number of hydrogen-bond acceptors (Lipinski definition) is 7. The van der Waals surface area contributed by atoms with Gasteiger partial charge < -0.3 is 19.3 Å². The molecule has 1 fully saturated rings. The summed E-state index contributed by atoms with van der Waals surface area (Å²) in [6, 6.07) is 25.2. The summed E-state index contributed by atoms with van der Waals surface area (Å²) in [5, 5.41) is 4.84. The Hall–Kier alpha value is -4.77. The van der Waals surface area contributed by atoms with Gasteiger partial charge in [-0.2, -0.15) is 5.10 Å². The number of hydrogen-bond donors (Lipinski definition) is 0. The molecular formula is C34H35N5O5S. The highest BCUT2D eigenvalue weighted by molar-refractivity contribution is 8.00. The van der Waals surface area contributed by atoms with E-state index in [1.54, 1.807) is 33.6 Å². The van der Waals surface area contributed by atoms with Gasteiger partial charge in [0, 0.05) is 49.8 Å². The predicted molar refractivity (Wildman–Crippen MR) is 174 cm³/mol. The van der Waals surface area contributed by atoms with Gasteiger partial charge in [0.15, 0.2) is 0 Å². The van der Waals surface area contributed by atoms with Gasteiger partial charge in [0.2, 0.25) is 17.7 Å². The number of thioether (sulfide) groups is 1. The summed E-state index contributed by atoms with van der Waals surface area (Å²) in [5.41, 5.74) is 4.07. The number of piperazine rings is 1. The molecule has 1 atom stereocenters. The third-order valence-corrected chi connectivity index (χ3v) is 9.48. The van der Waals surface area contributed by atoms with Crippen molar-refractivity contribution in [3.8, 4) is 28.4 Å². The van der Waals surface area contributed by atoms with Crippen LogP contribution in [-0.4, -0.2) is 90.0 Å². The number of anilines is 1. The number of methoxy groups -OCH3 is 2. The first kappa shape index (κ1) is 30.3. The van der Waals surface area contributed by atoms with Gasteiger partial charge in [-0.05, 0) is 30.3 Å². The maximum absolute atomic E-state index is 14.1. The van der Waals surface area contributed by atoms with Crippen LogP contribution in [0.2, 0.25) is 0 Å². The first-order chi connectivity index (χ1) is 21.9. The second-order valence-corrected chi connectivity index (χ2v) is 12.0. The van der Waals surface area contributed by atoms with Crippen molar-refractivity contribution in [3.63, 3.8) is 0 Å². The van der Waals surface area contributed by atoms with Crippen LogP contribution in [0.3, 0.4) is 0 Å². The molecule has 1 aromatic heterocycles. The third kappa shape index (κ3) is 6.00. The highest BCUT2D eigenvalue weighted by Gasteiger charge is 2.39. The van der Waals surface area contributed by atoms with Crippen molar-refractivity contribution >= 4 is 35.3 Å². The standard InChI is InChI=1S/C34H35N5O5S/c1-23(40)36-17-19-37(20-18-36)29(41)21-38-30(42)22-45-33(27-11-7-8-12-28(27)44-3)31-32(24-9-5-4-6-10-24)35-39(34(31)38)25-13-15-26(43-2)16-14-25/h4-16,33H,17-22H2,1-3H3/t33-/m0/s1. The molecule has 232 valence electrons. The summed E-state index contributed by atoms with van der Waals surface area (Å²) < 4.78 is 13.0. The van der Waals surface area contributed by atoms with E-state index < -0.39 is 0 Å². The first-order valence-corrected chi connectivity index (χ1v) is 15.9. The van der Waals surface area contributed by atoms with Gasteiger partial charge >= 0.3 is 0 Å². The molecule has 0 aliphatic carbocycles. The molecule has 0 saturated carbocycles. The predicted octanol–water partition coefficient (Wildman–Crippen LogP) is 4.42. The number of carbonyl (C=O) groups excluding carboxylic acids is 3.